The van der Waals surface area contributed by atoms with Gasteiger partial charge in [-0.25, -0.2) is 21.0 Å². The van der Waals surface area contributed by atoms with Gasteiger partial charge in [-0.1, -0.05) is 50.0 Å². The Labute approximate surface area is 481 Å². The third-order valence-corrected chi connectivity index (χ3v) is 10.3. The minimum Gasteiger partial charge on any atom is -0.463 e. The van der Waals surface area contributed by atoms with Crippen molar-refractivity contribution < 1.29 is 98.2 Å². The number of ether oxygens (including phenoxy) is 6. The smallest absolute Gasteiger partial charge is 0.337 e. The van der Waals surface area contributed by atoms with Gasteiger partial charge < -0.3 is 69.5 Å². The molecular weight excluding hydrogens is 1080 g/mol. The van der Waals surface area contributed by atoms with Crippen LogP contribution in [0, 0.1) is 34.1 Å². The molecule has 82 heavy (non-hydrogen) atoms. The molecule has 1 heterocycles. The summed E-state index contributed by atoms with van der Waals surface area (Å²) in [5.74, 6) is -3.73. The summed E-state index contributed by atoms with van der Waals surface area (Å²) in [4.78, 5) is 77.4. The predicted molar refractivity (Wildman–Crippen MR) is 299 cm³/mol. The SMILES string of the molecule is C=C(C)C(=O)OCCO.C=C(CC(C)(C)C(=O)OCCO)C(=O)OCCO.C=C(CC(C)(CC(C)(C)C(=O)OCCO)C(=O)OCCO)C(=O)OCCO.CC(=N\O)/C(C)=N/O.[C-]#[N+]C(C)(CC)N=NC(C)(C#N)CC.c1ccncc1. The summed E-state index contributed by atoms with van der Waals surface area (Å²) in [5.41, 5.74) is -3.90. The molecular formula is C55H89N7O20. The number of pyridine rings is 1. The van der Waals surface area contributed by atoms with E-state index >= 15 is 0 Å². The highest BCUT2D eigenvalue weighted by Gasteiger charge is 2.45. The topological polar surface area (TPSA) is 410 Å². The van der Waals surface area contributed by atoms with Gasteiger partial charge in [-0.05, 0) is 100 Å². The largest absolute Gasteiger partial charge is 0.463 e. The number of rotatable bonds is 29. The maximum Gasteiger partial charge on any atom is 0.337 e. The Morgan fingerprint density at radius 2 is 0.927 bits per heavy atom. The Hall–Kier alpha value is -7.53. The van der Waals surface area contributed by atoms with E-state index in [4.69, 9.17) is 71.8 Å². The molecule has 0 bridgehead atoms. The molecule has 8 N–H and O–H groups in total. The maximum absolute atomic E-state index is 12.6. The molecule has 0 aliphatic heterocycles. The number of oxime groups is 2. The number of carbonyl (C=O) groups is 6. The van der Waals surface area contributed by atoms with Crippen LogP contribution in [0.15, 0.2) is 87.6 Å². The van der Waals surface area contributed by atoms with Gasteiger partial charge >= 0.3 is 41.5 Å². The van der Waals surface area contributed by atoms with Gasteiger partial charge in [0.15, 0.2) is 5.54 Å². The van der Waals surface area contributed by atoms with E-state index in [2.05, 4.69) is 65.6 Å². The summed E-state index contributed by atoms with van der Waals surface area (Å²) < 4.78 is 28.7. The molecule has 0 spiro atoms. The van der Waals surface area contributed by atoms with Crippen molar-refractivity contribution in [3.8, 4) is 6.07 Å². The molecule has 0 radical (unpaired) electrons. The van der Waals surface area contributed by atoms with E-state index in [0.29, 0.717) is 29.8 Å². The number of hydrogen-bond donors (Lipinski definition) is 8. The lowest BCUT2D eigenvalue weighted by molar-refractivity contribution is -0.164. The molecule has 0 aliphatic rings. The highest BCUT2D eigenvalue weighted by molar-refractivity contribution is 6.40. The van der Waals surface area contributed by atoms with Crippen LogP contribution in [0.5, 0.6) is 0 Å². The fourth-order valence-corrected chi connectivity index (χ4v) is 5.22. The second-order valence-electron chi connectivity index (χ2n) is 19.0. The van der Waals surface area contributed by atoms with Crippen molar-refractivity contribution in [2.45, 2.75) is 126 Å². The van der Waals surface area contributed by atoms with Crippen molar-refractivity contribution in [3.63, 3.8) is 0 Å². The summed E-state index contributed by atoms with van der Waals surface area (Å²) in [5, 5.41) is 90.0. The van der Waals surface area contributed by atoms with Crippen molar-refractivity contribution in [2.24, 2.45) is 36.8 Å². The predicted octanol–water partition coefficient (Wildman–Crippen LogP) is 5.03. The van der Waals surface area contributed by atoms with E-state index in [9.17, 15) is 28.8 Å². The zero-order valence-electron chi connectivity index (χ0n) is 49.6. The van der Waals surface area contributed by atoms with Crippen molar-refractivity contribution in [3.05, 3.63) is 78.5 Å². The lowest BCUT2D eigenvalue weighted by Gasteiger charge is -2.34. The summed E-state index contributed by atoms with van der Waals surface area (Å²) in [6.45, 7) is 34.7. The van der Waals surface area contributed by atoms with Crippen molar-refractivity contribution in [1.82, 2.24) is 4.98 Å². The first-order valence-corrected chi connectivity index (χ1v) is 25.4. The first-order chi connectivity index (χ1) is 38.2. The molecule has 3 atom stereocenters. The number of esters is 6. The van der Waals surface area contributed by atoms with Crippen LogP contribution in [0.25, 0.3) is 4.85 Å². The average Bonchev–Trinajstić information content (AvgIpc) is 3.47. The average molecular weight is 1170 g/mol. The van der Waals surface area contributed by atoms with Gasteiger partial charge in [-0.3, -0.25) is 24.2 Å². The number of aliphatic hydroxyl groups excluding tert-OH is 6. The number of aliphatic hydroxyl groups is 6. The molecule has 0 saturated carbocycles. The lowest BCUT2D eigenvalue weighted by Crippen LogP contribution is -2.40. The fraction of sp³-hybridized carbons (Fsp3) is 0.618. The number of nitrogens with zero attached hydrogens (tertiary/aromatic N) is 7. The molecule has 1 aromatic heterocycles. The highest BCUT2D eigenvalue weighted by Crippen LogP contribution is 2.40. The second-order valence-corrected chi connectivity index (χ2v) is 19.0. The minimum absolute atomic E-state index is 0.0218. The number of carbonyl (C=O) groups excluding carboxylic acids is 6. The van der Waals surface area contributed by atoms with Gasteiger partial charge in [-0.15, -0.1) is 5.11 Å². The Morgan fingerprint density at radius 3 is 1.23 bits per heavy atom. The molecule has 0 aromatic carbocycles. The Bertz CT molecular complexity index is 2190. The van der Waals surface area contributed by atoms with E-state index in [1.54, 1.807) is 60.9 Å². The Kier molecular flexibility index (Phi) is 47.9. The van der Waals surface area contributed by atoms with Crippen LogP contribution in [-0.4, -0.2) is 184 Å². The zero-order valence-corrected chi connectivity index (χ0v) is 49.6. The Balaban J connectivity index is -0.000000311. The molecule has 0 fully saturated rings. The number of aromatic nitrogens is 1. The van der Waals surface area contributed by atoms with Crippen LogP contribution >= 0.6 is 0 Å². The molecule has 464 valence electrons. The number of azo groups is 1. The standard InChI is InChI=1S/C18H30O9.C12H20O6.C10H16N4.C6H10O3.C5H5N.C4H8N2O2/c1-13(14(22)25-8-5-19)11-18(4,16(24)27-10-7-21)12-17(2,3)15(23)26-9-6-20;1-9(10(15)17-6-4-13)8-12(2,3)11(16)18-7-5-14;1-6-9(3,8-11)13-14-10(4,7-2)12-5;1-5(2)6(8)9-4-3-7;1-2-4-6-5-3-1;1-3(5-7)4(2)6-8/h19-21H,1,5-12H2,2-4H3;13-14H,1,4-8H2,2-3H3;6-7H2,1-4H3;7H,1,3-4H2,2H3;1-5H;7-8H,1-2H3/b;;;;;5-3+,6-4+. The molecule has 1 aromatic rings. The van der Waals surface area contributed by atoms with Gasteiger partial charge in [0.05, 0.1) is 62.0 Å². The number of hydrogen-bond acceptors (Lipinski definition) is 26. The van der Waals surface area contributed by atoms with E-state index < -0.39 is 63.3 Å². The highest BCUT2D eigenvalue weighted by atomic mass is 16.6. The molecule has 27 nitrogen and oxygen atoms in total. The maximum atomic E-state index is 12.6. The summed E-state index contributed by atoms with van der Waals surface area (Å²) in [6, 6.07) is 7.80. The molecule has 27 heteroatoms. The molecule has 0 aliphatic carbocycles. The van der Waals surface area contributed by atoms with Crippen molar-refractivity contribution in [1.29, 1.82) is 5.26 Å². The van der Waals surface area contributed by atoms with E-state index in [1.807, 2.05) is 32.0 Å². The van der Waals surface area contributed by atoms with E-state index in [-0.39, 0.29) is 110 Å². The normalized spacial score (nSPS) is 13.0. The summed E-state index contributed by atoms with van der Waals surface area (Å²) in [7, 11) is 0. The molecule has 0 saturated heterocycles. The quantitative estimate of drug-likeness (QED) is 0.00761. The van der Waals surface area contributed by atoms with Gasteiger partial charge in [0.2, 0.25) is 0 Å². The third kappa shape index (κ3) is 40.6. The van der Waals surface area contributed by atoms with Crippen LogP contribution in [0.4, 0.5) is 0 Å². The van der Waals surface area contributed by atoms with Gasteiger partial charge in [-0.2, -0.15) is 10.4 Å². The van der Waals surface area contributed by atoms with Crippen LogP contribution in [-0.2, 0) is 57.2 Å². The summed E-state index contributed by atoms with van der Waals surface area (Å²) in [6.07, 6.45) is 4.59. The van der Waals surface area contributed by atoms with Crippen LogP contribution in [0.3, 0.4) is 0 Å². The van der Waals surface area contributed by atoms with Crippen molar-refractivity contribution in [2.75, 3.05) is 79.3 Å². The molecule has 0 amide bonds. The third-order valence-electron chi connectivity index (χ3n) is 10.3. The van der Waals surface area contributed by atoms with Gasteiger partial charge in [0.1, 0.15) is 51.1 Å². The molecule has 3 unspecified atom stereocenters. The van der Waals surface area contributed by atoms with Gasteiger partial charge in [0, 0.05) is 42.5 Å². The summed E-state index contributed by atoms with van der Waals surface area (Å²) >= 11 is 0. The fourth-order valence-electron chi connectivity index (χ4n) is 5.22. The minimum atomic E-state index is -1.33. The van der Waals surface area contributed by atoms with E-state index in [0.717, 1.165) is 0 Å². The second kappa shape index (κ2) is 47.1. The van der Waals surface area contributed by atoms with Crippen LogP contribution in [0.2, 0.25) is 0 Å². The van der Waals surface area contributed by atoms with Gasteiger partial charge in [0.25, 0.3) is 0 Å². The van der Waals surface area contributed by atoms with Crippen molar-refractivity contribution >= 4 is 47.2 Å². The van der Waals surface area contributed by atoms with E-state index in [1.165, 1.54) is 20.8 Å². The lowest BCUT2D eigenvalue weighted by atomic mass is 9.71. The zero-order chi connectivity index (χ0) is 64.6. The number of nitriles is 1. The van der Waals surface area contributed by atoms with Crippen LogP contribution < -0.4 is 0 Å². The van der Waals surface area contributed by atoms with Crippen LogP contribution in [0.1, 0.15) is 115 Å². The first kappa shape index (κ1) is 83.3. The first-order valence-electron chi connectivity index (χ1n) is 25.4. The molecule has 1 rings (SSSR count). The Morgan fingerprint density at radius 1 is 0.561 bits per heavy atom. The monoisotopic (exact) mass is 1170 g/mol.